The summed E-state index contributed by atoms with van der Waals surface area (Å²) in [6, 6.07) is 11.8. The van der Waals surface area contributed by atoms with Crippen molar-refractivity contribution in [2.45, 2.75) is 39.3 Å². The Hall–Kier alpha value is -2.18. The van der Waals surface area contributed by atoms with Gasteiger partial charge in [-0.3, -0.25) is 15.0 Å². The van der Waals surface area contributed by atoms with Gasteiger partial charge >= 0.3 is 6.03 Å². The van der Waals surface area contributed by atoms with E-state index in [4.69, 9.17) is 0 Å². The van der Waals surface area contributed by atoms with E-state index in [1.165, 1.54) is 10.5 Å². The van der Waals surface area contributed by atoms with Crippen molar-refractivity contribution in [2.75, 3.05) is 13.1 Å². The van der Waals surface area contributed by atoms with Crippen LogP contribution in [0.5, 0.6) is 0 Å². The van der Waals surface area contributed by atoms with Crippen molar-refractivity contribution in [1.82, 2.24) is 15.5 Å². The number of carbonyl (C=O) groups is 2. The second kappa shape index (κ2) is 8.67. The Kier molecular flexibility index (Phi) is 6.29. The molecule has 2 heterocycles. The van der Waals surface area contributed by atoms with Crippen molar-refractivity contribution in [2.24, 2.45) is 5.92 Å². The van der Waals surface area contributed by atoms with Crippen LogP contribution in [0.4, 0.5) is 4.79 Å². The summed E-state index contributed by atoms with van der Waals surface area (Å²) in [5, 5.41) is 8.15. The van der Waals surface area contributed by atoms with Crippen molar-refractivity contribution in [3.63, 3.8) is 0 Å². The van der Waals surface area contributed by atoms with E-state index < -0.39 is 6.04 Å². The van der Waals surface area contributed by atoms with E-state index in [-0.39, 0.29) is 18.0 Å². The summed E-state index contributed by atoms with van der Waals surface area (Å²) in [6.45, 7) is 7.19. The van der Waals surface area contributed by atoms with Gasteiger partial charge in [0.1, 0.15) is 0 Å². The molecule has 5 nitrogen and oxygen atoms in total. The normalized spacial score (nSPS) is 16.4. The van der Waals surface area contributed by atoms with Gasteiger partial charge in [0.15, 0.2) is 0 Å². The molecule has 1 aromatic heterocycles. The Labute approximate surface area is 164 Å². The topological polar surface area (TPSA) is 61.4 Å². The summed E-state index contributed by atoms with van der Waals surface area (Å²) in [5.41, 5.74) is 2.44. The molecule has 1 aliphatic heterocycles. The summed E-state index contributed by atoms with van der Waals surface area (Å²) in [7, 11) is 0. The van der Waals surface area contributed by atoms with E-state index >= 15 is 0 Å². The molecule has 2 N–H and O–H groups in total. The van der Waals surface area contributed by atoms with Gasteiger partial charge in [-0.2, -0.15) is 0 Å². The number of imide groups is 1. The Bertz CT molecular complexity index is 771. The van der Waals surface area contributed by atoms with Crippen LogP contribution < -0.4 is 10.6 Å². The minimum absolute atomic E-state index is 0.0808. The van der Waals surface area contributed by atoms with Gasteiger partial charge in [0.2, 0.25) is 5.91 Å². The minimum Gasteiger partial charge on any atom is -0.336 e. The minimum atomic E-state index is -0.462. The SMILES string of the molecule is CC(C)Cc1ccc([C@H](N[C@H](C)C(=O)N2CCNC2=O)c2cccs2)cc1. The van der Waals surface area contributed by atoms with Crippen molar-refractivity contribution >= 4 is 23.3 Å². The lowest BCUT2D eigenvalue weighted by Gasteiger charge is -2.25. The monoisotopic (exact) mass is 385 g/mol. The van der Waals surface area contributed by atoms with Gasteiger partial charge in [-0.15, -0.1) is 11.3 Å². The number of carbonyl (C=O) groups excluding carboxylic acids is 2. The number of nitrogens with zero attached hydrogens (tertiary/aromatic N) is 1. The predicted molar refractivity (Wildman–Crippen MR) is 109 cm³/mol. The average Bonchev–Trinajstić information content (AvgIpc) is 3.31. The molecule has 3 rings (SSSR count). The zero-order chi connectivity index (χ0) is 19.4. The van der Waals surface area contributed by atoms with Crippen LogP contribution in [0, 0.1) is 5.92 Å². The van der Waals surface area contributed by atoms with Gasteiger partial charge in [0, 0.05) is 18.0 Å². The van der Waals surface area contributed by atoms with Crippen LogP contribution in [-0.4, -0.2) is 36.0 Å². The van der Waals surface area contributed by atoms with Crippen molar-refractivity contribution in [1.29, 1.82) is 0 Å². The zero-order valence-corrected chi connectivity index (χ0v) is 16.9. The number of thiophene rings is 1. The molecule has 0 aliphatic carbocycles. The van der Waals surface area contributed by atoms with Gasteiger partial charge < -0.3 is 5.32 Å². The molecule has 1 aliphatic rings. The zero-order valence-electron chi connectivity index (χ0n) is 16.1. The molecular weight excluding hydrogens is 358 g/mol. The van der Waals surface area contributed by atoms with Crippen molar-refractivity contribution in [3.8, 4) is 0 Å². The highest BCUT2D eigenvalue weighted by Gasteiger charge is 2.31. The van der Waals surface area contributed by atoms with Crippen molar-refractivity contribution in [3.05, 3.63) is 57.8 Å². The fourth-order valence-corrected chi connectivity index (χ4v) is 4.16. The first-order valence-electron chi connectivity index (χ1n) is 9.43. The molecule has 0 bridgehead atoms. The maximum Gasteiger partial charge on any atom is 0.324 e. The Morgan fingerprint density at radius 1 is 1.22 bits per heavy atom. The van der Waals surface area contributed by atoms with E-state index in [1.54, 1.807) is 11.3 Å². The van der Waals surface area contributed by atoms with Crippen LogP contribution >= 0.6 is 11.3 Å². The average molecular weight is 386 g/mol. The second-order valence-electron chi connectivity index (χ2n) is 7.40. The number of hydrogen-bond acceptors (Lipinski definition) is 4. The van der Waals surface area contributed by atoms with E-state index in [2.05, 4.69) is 54.8 Å². The lowest BCUT2D eigenvalue weighted by Crippen LogP contribution is -2.47. The smallest absolute Gasteiger partial charge is 0.324 e. The first-order chi connectivity index (χ1) is 13.0. The molecule has 27 heavy (non-hydrogen) atoms. The lowest BCUT2D eigenvalue weighted by atomic mass is 9.98. The number of nitrogens with one attached hydrogen (secondary N) is 2. The molecule has 0 spiro atoms. The van der Waals surface area contributed by atoms with Crippen LogP contribution in [-0.2, 0) is 11.2 Å². The Morgan fingerprint density at radius 2 is 1.96 bits per heavy atom. The van der Waals surface area contributed by atoms with Gasteiger partial charge in [-0.05, 0) is 41.8 Å². The second-order valence-corrected chi connectivity index (χ2v) is 8.38. The molecular formula is C21H27N3O2S. The highest BCUT2D eigenvalue weighted by molar-refractivity contribution is 7.10. The molecule has 0 unspecified atom stereocenters. The van der Waals surface area contributed by atoms with E-state index in [0.29, 0.717) is 19.0 Å². The number of rotatable bonds is 7. The Morgan fingerprint density at radius 3 is 2.52 bits per heavy atom. The summed E-state index contributed by atoms with van der Waals surface area (Å²) in [4.78, 5) is 26.9. The maximum atomic E-state index is 12.7. The first-order valence-corrected chi connectivity index (χ1v) is 10.3. The summed E-state index contributed by atoms with van der Waals surface area (Å²) < 4.78 is 0. The molecule has 0 radical (unpaired) electrons. The fourth-order valence-electron chi connectivity index (χ4n) is 3.35. The van der Waals surface area contributed by atoms with Crippen molar-refractivity contribution < 1.29 is 9.59 Å². The molecule has 1 saturated heterocycles. The standard InChI is InChI=1S/C21H27N3O2S/c1-14(2)13-16-6-8-17(9-7-16)19(18-5-4-12-27-18)23-15(3)20(25)24-11-10-22-21(24)26/h4-9,12,14-15,19,23H,10-11,13H2,1-3H3,(H,22,26)/t15-,19+/m1/s1. The van der Waals surface area contributed by atoms with Gasteiger partial charge in [0.05, 0.1) is 12.1 Å². The third-order valence-corrected chi connectivity index (χ3v) is 5.63. The summed E-state index contributed by atoms with van der Waals surface area (Å²) >= 11 is 1.66. The molecule has 3 amide bonds. The fraction of sp³-hybridized carbons (Fsp3) is 0.429. The van der Waals surface area contributed by atoms with E-state index in [1.807, 2.05) is 18.4 Å². The Balaban J connectivity index is 1.78. The molecule has 6 heteroatoms. The number of benzene rings is 1. The lowest BCUT2D eigenvalue weighted by molar-refractivity contribution is -0.129. The highest BCUT2D eigenvalue weighted by atomic mass is 32.1. The molecule has 2 aromatic rings. The van der Waals surface area contributed by atoms with E-state index in [0.717, 1.165) is 16.9 Å². The molecule has 1 fully saturated rings. The largest absolute Gasteiger partial charge is 0.336 e. The van der Waals surface area contributed by atoms with Crippen LogP contribution in [0.2, 0.25) is 0 Å². The number of amides is 3. The highest BCUT2D eigenvalue weighted by Crippen LogP contribution is 2.27. The third kappa shape index (κ3) is 4.76. The first kappa shape index (κ1) is 19.6. The predicted octanol–water partition coefficient (Wildman–Crippen LogP) is 3.57. The van der Waals surface area contributed by atoms with Crippen LogP contribution in [0.25, 0.3) is 0 Å². The van der Waals surface area contributed by atoms with Gasteiger partial charge in [-0.1, -0.05) is 44.2 Å². The van der Waals surface area contributed by atoms with E-state index in [9.17, 15) is 9.59 Å². The quantitative estimate of drug-likeness (QED) is 0.766. The summed E-state index contributed by atoms with van der Waals surface area (Å²) in [5.74, 6) is 0.425. The van der Waals surface area contributed by atoms with Gasteiger partial charge in [-0.25, -0.2) is 4.79 Å². The molecule has 1 aromatic carbocycles. The molecule has 2 atom stereocenters. The third-order valence-electron chi connectivity index (χ3n) is 4.69. The van der Waals surface area contributed by atoms with Crippen LogP contribution in [0.3, 0.4) is 0 Å². The molecule has 0 saturated carbocycles. The van der Waals surface area contributed by atoms with Crippen LogP contribution in [0.1, 0.15) is 42.8 Å². The number of hydrogen-bond donors (Lipinski definition) is 2. The summed E-state index contributed by atoms with van der Waals surface area (Å²) in [6.07, 6.45) is 1.05. The number of urea groups is 1. The maximum absolute atomic E-state index is 12.7. The van der Waals surface area contributed by atoms with Gasteiger partial charge in [0.25, 0.3) is 0 Å². The van der Waals surface area contributed by atoms with Crippen LogP contribution in [0.15, 0.2) is 41.8 Å². The molecule has 144 valence electrons.